The van der Waals surface area contributed by atoms with Crippen molar-refractivity contribution in [1.82, 2.24) is 5.32 Å². The quantitative estimate of drug-likeness (QED) is 0.748. The van der Waals surface area contributed by atoms with Gasteiger partial charge in [0.15, 0.2) is 0 Å². The Balaban J connectivity index is 1.85. The molecule has 0 bridgehead atoms. The van der Waals surface area contributed by atoms with E-state index in [9.17, 15) is 0 Å². The Morgan fingerprint density at radius 1 is 1.15 bits per heavy atom. The number of likely N-dealkylation sites (N-methyl/N-ethyl adjacent to an activating group) is 1. The molecule has 1 nitrogen and oxygen atoms in total. The van der Waals surface area contributed by atoms with E-state index < -0.39 is 0 Å². The first-order valence-corrected chi connectivity index (χ1v) is 8.48. The zero-order chi connectivity index (χ0) is 14.2. The van der Waals surface area contributed by atoms with Crippen LogP contribution in [-0.4, -0.2) is 12.6 Å². The maximum atomic E-state index is 3.64. The van der Waals surface area contributed by atoms with Crippen LogP contribution in [0.25, 0.3) is 0 Å². The van der Waals surface area contributed by atoms with Gasteiger partial charge in [-0.15, -0.1) is 11.3 Å². The molecule has 0 spiro atoms. The first-order valence-electron chi connectivity index (χ1n) is 7.60. The molecule has 2 rings (SSSR count). The molecule has 1 aromatic heterocycles. The average molecular weight is 287 g/mol. The summed E-state index contributed by atoms with van der Waals surface area (Å²) in [7, 11) is 0. The van der Waals surface area contributed by atoms with E-state index in [1.165, 1.54) is 35.3 Å². The van der Waals surface area contributed by atoms with Crippen LogP contribution in [0.2, 0.25) is 0 Å². The lowest BCUT2D eigenvalue weighted by atomic mass is 9.97. The lowest BCUT2D eigenvalue weighted by molar-refractivity contribution is 0.476. The van der Waals surface area contributed by atoms with Crippen LogP contribution in [0, 0.1) is 6.92 Å². The summed E-state index contributed by atoms with van der Waals surface area (Å²) in [5.41, 5.74) is 2.89. The second-order valence-electron chi connectivity index (χ2n) is 5.36. The third-order valence-corrected chi connectivity index (χ3v) is 4.71. The highest BCUT2D eigenvalue weighted by Crippen LogP contribution is 2.16. The molecular weight excluding hydrogens is 262 g/mol. The van der Waals surface area contributed by atoms with Gasteiger partial charge in [0, 0.05) is 10.9 Å². The zero-order valence-corrected chi connectivity index (χ0v) is 13.4. The molecule has 1 aromatic carbocycles. The van der Waals surface area contributed by atoms with Crippen LogP contribution < -0.4 is 5.32 Å². The first kappa shape index (κ1) is 15.3. The molecule has 2 aromatic rings. The molecule has 1 N–H and O–H groups in total. The van der Waals surface area contributed by atoms with Crippen molar-refractivity contribution in [2.45, 2.75) is 45.6 Å². The number of hydrogen-bond donors (Lipinski definition) is 1. The molecule has 1 unspecified atom stereocenters. The van der Waals surface area contributed by atoms with Gasteiger partial charge in [0.1, 0.15) is 0 Å². The van der Waals surface area contributed by atoms with E-state index in [1.54, 1.807) is 0 Å². The average Bonchev–Trinajstić information content (AvgIpc) is 2.95. The van der Waals surface area contributed by atoms with Crippen LogP contribution >= 0.6 is 11.3 Å². The predicted octanol–water partition coefficient (Wildman–Crippen LogP) is 4.60. The summed E-state index contributed by atoms with van der Waals surface area (Å²) >= 11 is 1.87. The second kappa shape index (κ2) is 8.23. The van der Waals surface area contributed by atoms with E-state index in [0.29, 0.717) is 6.04 Å². The standard InChI is InChI=1S/C18H25NS/c1-3-19-17(10-6-11-18-12-7-13-20-18)14-16-9-5-4-8-15(16)2/h4-5,7-9,12-13,17,19H,3,6,10-11,14H2,1-2H3. The van der Waals surface area contributed by atoms with Gasteiger partial charge in [-0.25, -0.2) is 0 Å². The highest BCUT2D eigenvalue weighted by Gasteiger charge is 2.09. The minimum Gasteiger partial charge on any atom is -0.314 e. The molecule has 0 saturated heterocycles. The molecule has 0 aliphatic heterocycles. The number of rotatable bonds is 8. The number of aryl methyl sites for hydroxylation is 2. The molecule has 0 aliphatic carbocycles. The van der Waals surface area contributed by atoms with Crippen LogP contribution in [-0.2, 0) is 12.8 Å². The zero-order valence-electron chi connectivity index (χ0n) is 12.6. The van der Waals surface area contributed by atoms with E-state index in [1.807, 2.05) is 11.3 Å². The first-order chi connectivity index (χ1) is 9.79. The van der Waals surface area contributed by atoms with Gasteiger partial charge >= 0.3 is 0 Å². The molecule has 20 heavy (non-hydrogen) atoms. The van der Waals surface area contributed by atoms with Crippen LogP contribution in [0.15, 0.2) is 41.8 Å². The van der Waals surface area contributed by atoms with Crippen molar-refractivity contribution in [2.75, 3.05) is 6.54 Å². The number of hydrogen-bond acceptors (Lipinski definition) is 2. The fraction of sp³-hybridized carbons (Fsp3) is 0.444. The minimum atomic E-state index is 0.598. The summed E-state index contributed by atoms with van der Waals surface area (Å²) < 4.78 is 0. The second-order valence-corrected chi connectivity index (χ2v) is 6.39. The summed E-state index contributed by atoms with van der Waals surface area (Å²) in [4.78, 5) is 1.51. The lowest BCUT2D eigenvalue weighted by Gasteiger charge is -2.19. The van der Waals surface area contributed by atoms with Crippen molar-refractivity contribution in [1.29, 1.82) is 0 Å². The number of thiophene rings is 1. The van der Waals surface area contributed by atoms with E-state index in [2.05, 4.69) is 60.9 Å². The van der Waals surface area contributed by atoms with Crippen LogP contribution in [0.5, 0.6) is 0 Å². The van der Waals surface area contributed by atoms with Gasteiger partial charge in [-0.2, -0.15) is 0 Å². The molecule has 0 amide bonds. The van der Waals surface area contributed by atoms with Gasteiger partial charge in [0.25, 0.3) is 0 Å². The van der Waals surface area contributed by atoms with Crippen LogP contribution in [0.4, 0.5) is 0 Å². The van der Waals surface area contributed by atoms with Crippen LogP contribution in [0.1, 0.15) is 35.8 Å². The molecular formula is C18H25NS. The topological polar surface area (TPSA) is 12.0 Å². The van der Waals surface area contributed by atoms with E-state index >= 15 is 0 Å². The van der Waals surface area contributed by atoms with E-state index in [0.717, 1.165) is 13.0 Å². The Morgan fingerprint density at radius 3 is 2.70 bits per heavy atom. The Kier molecular flexibility index (Phi) is 6.28. The Labute approximate surface area is 127 Å². The smallest absolute Gasteiger partial charge is 0.0108 e. The molecule has 2 heteroatoms. The van der Waals surface area contributed by atoms with Crippen molar-refractivity contribution in [3.05, 3.63) is 57.8 Å². The number of nitrogens with one attached hydrogen (secondary N) is 1. The van der Waals surface area contributed by atoms with Crippen molar-refractivity contribution in [3.63, 3.8) is 0 Å². The fourth-order valence-corrected chi connectivity index (χ4v) is 3.40. The normalized spacial score (nSPS) is 12.5. The van der Waals surface area contributed by atoms with Gasteiger partial charge in [-0.1, -0.05) is 37.3 Å². The third kappa shape index (κ3) is 4.77. The molecule has 0 radical (unpaired) electrons. The van der Waals surface area contributed by atoms with Crippen molar-refractivity contribution >= 4 is 11.3 Å². The summed E-state index contributed by atoms with van der Waals surface area (Å²) in [6.45, 7) is 5.46. The maximum Gasteiger partial charge on any atom is 0.0108 e. The molecule has 1 heterocycles. The molecule has 1 atom stereocenters. The van der Waals surface area contributed by atoms with Crippen molar-refractivity contribution < 1.29 is 0 Å². The van der Waals surface area contributed by atoms with Gasteiger partial charge in [0.2, 0.25) is 0 Å². The molecule has 0 aliphatic rings. The van der Waals surface area contributed by atoms with Gasteiger partial charge < -0.3 is 5.32 Å². The fourth-order valence-electron chi connectivity index (χ4n) is 2.65. The maximum absolute atomic E-state index is 3.64. The van der Waals surface area contributed by atoms with Crippen LogP contribution in [0.3, 0.4) is 0 Å². The third-order valence-electron chi connectivity index (χ3n) is 3.78. The van der Waals surface area contributed by atoms with Crippen molar-refractivity contribution in [3.8, 4) is 0 Å². The highest BCUT2D eigenvalue weighted by atomic mass is 32.1. The summed E-state index contributed by atoms with van der Waals surface area (Å²) in [5, 5.41) is 5.81. The van der Waals surface area contributed by atoms with E-state index in [4.69, 9.17) is 0 Å². The largest absolute Gasteiger partial charge is 0.314 e. The Morgan fingerprint density at radius 2 is 2.00 bits per heavy atom. The van der Waals surface area contributed by atoms with Crippen molar-refractivity contribution in [2.24, 2.45) is 0 Å². The lowest BCUT2D eigenvalue weighted by Crippen LogP contribution is -2.31. The highest BCUT2D eigenvalue weighted by molar-refractivity contribution is 7.09. The summed E-state index contributed by atoms with van der Waals surface area (Å²) in [6.07, 6.45) is 4.88. The Hall–Kier alpha value is -1.12. The predicted molar refractivity (Wildman–Crippen MR) is 89.6 cm³/mol. The molecule has 0 fully saturated rings. The van der Waals surface area contributed by atoms with Gasteiger partial charge in [0.05, 0.1) is 0 Å². The SMILES string of the molecule is CCNC(CCCc1cccs1)Cc1ccccc1C. The number of benzene rings is 1. The summed E-state index contributed by atoms with van der Waals surface area (Å²) in [6, 6.07) is 13.7. The molecule has 0 saturated carbocycles. The van der Waals surface area contributed by atoms with Gasteiger partial charge in [-0.05, 0) is 61.7 Å². The monoisotopic (exact) mass is 287 g/mol. The summed E-state index contributed by atoms with van der Waals surface area (Å²) in [5.74, 6) is 0. The Bertz CT molecular complexity index is 490. The molecule has 108 valence electrons. The van der Waals surface area contributed by atoms with Gasteiger partial charge in [-0.3, -0.25) is 0 Å². The van der Waals surface area contributed by atoms with E-state index in [-0.39, 0.29) is 0 Å². The minimum absolute atomic E-state index is 0.598.